The molecule has 2 heterocycles. The maximum absolute atomic E-state index is 13.0. The summed E-state index contributed by atoms with van der Waals surface area (Å²) in [6.07, 6.45) is 0. The van der Waals surface area contributed by atoms with Crippen molar-refractivity contribution in [2.24, 2.45) is 0 Å². The van der Waals surface area contributed by atoms with Gasteiger partial charge in [-0.05, 0) is 55.9 Å². The standard InChI is InChI=1S/C23H26ClN5O3S/c1-16-13-21(32-3)19(24)15-22(16)33(30,31)27-18-6-4-5-17(14-18)20-7-8-23(26-25-20)29-11-9-28(2)10-12-29/h4-8,13-15,27H,9-12H2,1-3H3. The van der Waals surface area contributed by atoms with Crippen molar-refractivity contribution >= 4 is 33.1 Å². The van der Waals surface area contributed by atoms with Crippen LogP contribution in [0.5, 0.6) is 5.75 Å². The van der Waals surface area contributed by atoms with E-state index < -0.39 is 10.0 Å². The number of nitrogens with one attached hydrogen (secondary N) is 1. The number of ether oxygens (including phenoxy) is 1. The van der Waals surface area contributed by atoms with Crippen molar-refractivity contribution in [1.29, 1.82) is 0 Å². The first-order chi connectivity index (χ1) is 15.8. The quantitative estimate of drug-likeness (QED) is 0.567. The maximum Gasteiger partial charge on any atom is 0.262 e. The Morgan fingerprint density at radius 2 is 1.79 bits per heavy atom. The third-order valence-corrected chi connectivity index (χ3v) is 7.45. The van der Waals surface area contributed by atoms with Crippen LogP contribution >= 0.6 is 11.6 Å². The fraction of sp³-hybridized carbons (Fsp3) is 0.304. The van der Waals surface area contributed by atoms with Crippen LogP contribution in [0.25, 0.3) is 11.3 Å². The van der Waals surface area contributed by atoms with Crippen molar-refractivity contribution < 1.29 is 13.2 Å². The Bertz CT molecular complexity index is 1240. The molecule has 174 valence electrons. The molecule has 0 radical (unpaired) electrons. The molecule has 4 rings (SSSR count). The summed E-state index contributed by atoms with van der Waals surface area (Å²) in [7, 11) is -0.259. The van der Waals surface area contributed by atoms with Crippen molar-refractivity contribution in [3.63, 3.8) is 0 Å². The highest BCUT2D eigenvalue weighted by Gasteiger charge is 2.20. The van der Waals surface area contributed by atoms with Gasteiger partial charge in [0.05, 0.1) is 22.7 Å². The number of anilines is 2. The van der Waals surface area contributed by atoms with Gasteiger partial charge < -0.3 is 14.5 Å². The molecule has 0 saturated carbocycles. The van der Waals surface area contributed by atoms with Gasteiger partial charge in [0.25, 0.3) is 10.0 Å². The number of aromatic nitrogens is 2. The topological polar surface area (TPSA) is 87.7 Å². The third-order valence-electron chi connectivity index (χ3n) is 5.63. The molecule has 0 atom stereocenters. The molecular weight excluding hydrogens is 462 g/mol. The molecule has 1 aliphatic rings. The van der Waals surface area contributed by atoms with Crippen LogP contribution in [0.4, 0.5) is 11.5 Å². The molecule has 1 aliphatic heterocycles. The van der Waals surface area contributed by atoms with Crippen LogP contribution in [0, 0.1) is 6.92 Å². The van der Waals surface area contributed by atoms with Crippen LogP contribution in [-0.2, 0) is 10.0 Å². The Morgan fingerprint density at radius 3 is 2.45 bits per heavy atom. The second-order valence-electron chi connectivity index (χ2n) is 8.01. The van der Waals surface area contributed by atoms with E-state index in [2.05, 4.69) is 31.8 Å². The Kier molecular flexibility index (Phi) is 6.73. The van der Waals surface area contributed by atoms with E-state index >= 15 is 0 Å². The molecule has 33 heavy (non-hydrogen) atoms. The monoisotopic (exact) mass is 487 g/mol. The average molecular weight is 488 g/mol. The first kappa shape index (κ1) is 23.3. The molecule has 0 unspecified atom stereocenters. The number of hydrogen-bond acceptors (Lipinski definition) is 7. The Labute approximate surface area is 199 Å². The van der Waals surface area contributed by atoms with Crippen LogP contribution in [0.3, 0.4) is 0 Å². The molecule has 1 N–H and O–H groups in total. The summed E-state index contributed by atoms with van der Waals surface area (Å²) in [5, 5.41) is 8.98. The second kappa shape index (κ2) is 9.54. The minimum Gasteiger partial charge on any atom is -0.495 e. The van der Waals surface area contributed by atoms with Gasteiger partial charge >= 0.3 is 0 Å². The van der Waals surface area contributed by atoms with E-state index in [0.29, 0.717) is 22.7 Å². The van der Waals surface area contributed by atoms with E-state index in [1.807, 2.05) is 18.2 Å². The van der Waals surface area contributed by atoms with Gasteiger partial charge in [-0.3, -0.25) is 4.72 Å². The number of benzene rings is 2. The van der Waals surface area contributed by atoms with E-state index in [1.165, 1.54) is 13.2 Å². The predicted octanol–water partition coefficient (Wildman–Crippen LogP) is 3.67. The van der Waals surface area contributed by atoms with Crippen molar-refractivity contribution in [1.82, 2.24) is 15.1 Å². The van der Waals surface area contributed by atoms with Gasteiger partial charge in [-0.25, -0.2) is 8.42 Å². The lowest BCUT2D eigenvalue weighted by Gasteiger charge is -2.32. The number of nitrogens with zero attached hydrogens (tertiary/aromatic N) is 4. The van der Waals surface area contributed by atoms with Crippen LogP contribution in [-0.4, -0.2) is 63.9 Å². The number of piperazine rings is 1. The second-order valence-corrected chi connectivity index (χ2v) is 10.1. The number of aryl methyl sites for hydroxylation is 1. The Balaban J connectivity index is 1.54. The fourth-order valence-electron chi connectivity index (χ4n) is 3.72. The molecule has 1 aromatic heterocycles. The maximum atomic E-state index is 13.0. The van der Waals surface area contributed by atoms with E-state index in [4.69, 9.17) is 16.3 Å². The third kappa shape index (κ3) is 5.21. The Morgan fingerprint density at radius 1 is 1.03 bits per heavy atom. The number of methoxy groups -OCH3 is 1. The van der Waals surface area contributed by atoms with Crippen molar-refractivity contribution in [3.05, 3.63) is 59.1 Å². The summed E-state index contributed by atoms with van der Waals surface area (Å²) < 4.78 is 33.8. The van der Waals surface area contributed by atoms with Gasteiger partial charge in [-0.15, -0.1) is 10.2 Å². The normalized spacial score (nSPS) is 14.8. The molecular formula is C23H26ClN5O3S. The summed E-state index contributed by atoms with van der Waals surface area (Å²) in [6.45, 7) is 5.50. The van der Waals surface area contributed by atoms with Crippen LogP contribution in [0.1, 0.15) is 5.56 Å². The summed E-state index contributed by atoms with van der Waals surface area (Å²) in [5.74, 6) is 1.27. The van der Waals surface area contributed by atoms with Gasteiger partial charge in [0, 0.05) is 37.4 Å². The minimum atomic E-state index is -3.85. The van der Waals surface area contributed by atoms with Gasteiger partial charge in [0.15, 0.2) is 5.82 Å². The summed E-state index contributed by atoms with van der Waals surface area (Å²) in [6, 6.07) is 13.9. The molecule has 1 saturated heterocycles. The lowest BCUT2D eigenvalue weighted by molar-refractivity contribution is 0.312. The van der Waals surface area contributed by atoms with Gasteiger partial charge in [-0.1, -0.05) is 23.7 Å². The zero-order chi connectivity index (χ0) is 23.6. The minimum absolute atomic E-state index is 0.0926. The zero-order valence-corrected chi connectivity index (χ0v) is 20.3. The number of sulfonamides is 1. The molecule has 0 amide bonds. The Hall–Kier alpha value is -2.88. The van der Waals surface area contributed by atoms with E-state index in [-0.39, 0.29) is 9.92 Å². The zero-order valence-electron chi connectivity index (χ0n) is 18.7. The number of hydrogen-bond donors (Lipinski definition) is 1. The van der Waals surface area contributed by atoms with E-state index in [0.717, 1.165) is 37.6 Å². The first-order valence-electron chi connectivity index (χ1n) is 10.5. The summed E-state index contributed by atoms with van der Waals surface area (Å²) in [4.78, 5) is 4.59. The highest BCUT2D eigenvalue weighted by molar-refractivity contribution is 7.92. The number of halogens is 1. The highest BCUT2D eigenvalue weighted by atomic mass is 35.5. The molecule has 0 bridgehead atoms. The van der Waals surface area contributed by atoms with E-state index in [9.17, 15) is 8.42 Å². The smallest absolute Gasteiger partial charge is 0.262 e. The predicted molar refractivity (Wildman–Crippen MR) is 131 cm³/mol. The lowest BCUT2D eigenvalue weighted by atomic mass is 10.1. The van der Waals surface area contributed by atoms with Crippen molar-refractivity contribution in [2.45, 2.75) is 11.8 Å². The van der Waals surface area contributed by atoms with Gasteiger partial charge in [0.1, 0.15) is 5.75 Å². The largest absolute Gasteiger partial charge is 0.495 e. The molecule has 3 aromatic rings. The van der Waals surface area contributed by atoms with E-state index in [1.54, 1.807) is 31.2 Å². The molecule has 0 aliphatic carbocycles. The number of rotatable bonds is 6. The van der Waals surface area contributed by atoms with Gasteiger partial charge in [-0.2, -0.15) is 0 Å². The van der Waals surface area contributed by atoms with Crippen LogP contribution < -0.4 is 14.4 Å². The van der Waals surface area contributed by atoms with Gasteiger partial charge in [0.2, 0.25) is 0 Å². The SMILES string of the molecule is COc1cc(C)c(S(=O)(=O)Nc2cccc(-c3ccc(N4CCN(C)CC4)nn3)c2)cc1Cl. The molecule has 2 aromatic carbocycles. The van der Waals surface area contributed by atoms with Crippen molar-refractivity contribution in [3.8, 4) is 17.0 Å². The average Bonchev–Trinajstić information content (AvgIpc) is 2.80. The fourth-order valence-corrected chi connectivity index (χ4v) is 5.33. The molecule has 8 nitrogen and oxygen atoms in total. The summed E-state index contributed by atoms with van der Waals surface area (Å²) in [5.41, 5.74) is 2.38. The number of likely N-dealkylation sites (N-methyl/N-ethyl adjacent to an activating group) is 1. The molecule has 10 heteroatoms. The molecule has 1 fully saturated rings. The van der Waals surface area contributed by atoms with Crippen molar-refractivity contribution in [2.75, 3.05) is 50.0 Å². The van der Waals surface area contributed by atoms with Crippen LogP contribution in [0.2, 0.25) is 5.02 Å². The van der Waals surface area contributed by atoms with Crippen LogP contribution in [0.15, 0.2) is 53.4 Å². The summed E-state index contributed by atoms with van der Waals surface area (Å²) >= 11 is 6.15. The highest BCUT2D eigenvalue weighted by Crippen LogP contribution is 2.31. The first-order valence-corrected chi connectivity index (χ1v) is 12.4. The molecule has 0 spiro atoms. The lowest BCUT2D eigenvalue weighted by Crippen LogP contribution is -2.44.